The van der Waals surface area contributed by atoms with E-state index in [1.165, 1.54) is 12.8 Å². The second kappa shape index (κ2) is 10.5. The van der Waals surface area contributed by atoms with Gasteiger partial charge in [-0.2, -0.15) is 4.31 Å². The van der Waals surface area contributed by atoms with Crippen LogP contribution in [0.25, 0.3) is 0 Å². The normalized spacial score (nSPS) is 16.0. The first-order chi connectivity index (χ1) is 12.6. The quantitative estimate of drug-likeness (QED) is 0.392. The molecular formula is C19H32N4O2S. The summed E-state index contributed by atoms with van der Waals surface area (Å²) in [4.78, 5) is 4.96. The van der Waals surface area contributed by atoms with Crippen LogP contribution >= 0.6 is 0 Å². The minimum Gasteiger partial charge on any atom is -0.357 e. The van der Waals surface area contributed by atoms with Crippen molar-refractivity contribution in [3.05, 3.63) is 29.8 Å². The number of nitrogens with zero attached hydrogens (tertiary/aromatic N) is 2. The molecule has 0 saturated carbocycles. The molecule has 0 spiro atoms. The lowest BCUT2D eigenvalue weighted by atomic mass is 10.2. The molecule has 0 unspecified atom stereocenters. The third kappa shape index (κ3) is 5.99. The van der Waals surface area contributed by atoms with E-state index in [1.54, 1.807) is 16.4 Å². The maximum absolute atomic E-state index is 12.5. The van der Waals surface area contributed by atoms with Gasteiger partial charge in [-0.3, -0.25) is 0 Å². The predicted octanol–water partition coefficient (Wildman–Crippen LogP) is 2.72. The van der Waals surface area contributed by atoms with Gasteiger partial charge in [0.25, 0.3) is 0 Å². The van der Waals surface area contributed by atoms with Crippen LogP contribution in [0.2, 0.25) is 0 Å². The van der Waals surface area contributed by atoms with Crippen LogP contribution in [0.3, 0.4) is 0 Å². The van der Waals surface area contributed by atoms with Crippen molar-refractivity contribution in [2.45, 2.75) is 57.4 Å². The zero-order chi connectivity index (χ0) is 18.8. The van der Waals surface area contributed by atoms with Gasteiger partial charge in [-0.15, -0.1) is 0 Å². The summed E-state index contributed by atoms with van der Waals surface area (Å²) in [5.74, 6) is 0.803. The third-order valence-corrected chi connectivity index (χ3v) is 6.38. The van der Waals surface area contributed by atoms with Crippen LogP contribution in [0.15, 0.2) is 34.2 Å². The summed E-state index contributed by atoms with van der Waals surface area (Å²) in [6.07, 6.45) is 5.43. The van der Waals surface area contributed by atoms with Gasteiger partial charge in [0.15, 0.2) is 5.96 Å². The first kappa shape index (κ1) is 20.7. The van der Waals surface area contributed by atoms with E-state index in [2.05, 4.69) is 22.5 Å². The number of sulfonamides is 1. The fourth-order valence-electron chi connectivity index (χ4n) is 2.94. The van der Waals surface area contributed by atoms with Crippen molar-refractivity contribution in [2.24, 2.45) is 4.99 Å². The Kier molecular flexibility index (Phi) is 8.38. The second-order valence-corrected chi connectivity index (χ2v) is 8.52. The Hall–Kier alpha value is -1.60. The predicted molar refractivity (Wildman–Crippen MR) is 107 cm³/mol. The van der Waals surface area contributed by atoms with Crippen LogP contribution in [0, 0.1) is 0 Å². The molecule has 0 atom stereocenters. The van der Waals surface area contributed by atoms with E-state index in [1.807, 2.05) is 19.1 Å². The largest absolute Gasteiger partial charge is 0.357 e. The molecule has 1 aliphatic heterocycles. The van der Waals surface area contributed by atoms with Crippen LogP contribution in [-0.4, -0.2) is 44.9 Å². The lowest BCUT2D eigenvalue weighted by Crippen LogP contribution is -2.37. The number of nitrogens with one attached hydrogen (secondary N) is 2. The van der Waals surface area contributed by atoms with Crippen LogP contribution in [0.1, 0.15) is 51.5 Å². The average Bonchev–Trinajstić information content (AvgIpc) is 3.19. The van der Waals surface area contributed by atoms with Gasteiger partial charge in [0, 0.05) is 26.2 Å². The molecule has 1 aromatic carbocycles. The van der Waals surface area contributed by atoms with Gasteiger partial charge in [-0.05, 0) is 43.9 Å². The van der Waals surface area contributed by atoms with Crippen LogP contribution in [0.4, 0.5) is 0 Å². The molecule has 146 valence electrons. The van der Waals surface area contributed by atoms with Gasteiger partial charge < -0.3 is 10.6 Å². The first-order valence-corrected chi connectivity index (χ1v) is 11.1. The SMILES string of the molecule is CCCCCNC(=NCc1ccc(S(=O)(=O)N2CCCC2)cc1)NCC. The Labute approximate surface area is 158 Å². The minimum absolute atomic E-state index is 0.372. The summed E-state index contributed by atoms with van der Waals surface area (Å²) in [6, 6.07) is 7.10. The fourth-order valence-corrected chi connectivity index (χ4v) is 4.46. The summed E-state index contributed by atoms with van der Waals surface area (Å²) >= 11 is 0. The minimum atomic E-state index is -3.34. The maximum Gasteiger partial charge on any atom is 0.243 e. The molecule has 1 aliphatic rings. The fraction of sp³-hybridized carbons (Fsp3) is 0.632. The average molecular weight is 381 g/mol. The second-order valence-electron chi connectivity index (χ2n) is 6.58. The van der Waals surface area contributed by atoms with Crippen LogP contribution in [-0.2, 0) is 16.6 Å². The van der Waals surface area contributed by atoms with Crippen molar-refractivity contribution in [3.63, 3.8) is 0 Å². The molecule has 1 aromatic rings. The summed E-state index contributed by atoms with van der Waals surface area (Å²) in [5.41, 5.74) is 0.996. The summed E-state index contributed by atoms with van der Waals surface area (Å²) in [6.45, 7) is 7.73. The van der Waals surface area contributed by atoms with Crippen molar-refractivity contribution in [2.75, 3.05) is 26.2 Å². The van der Waals surface area contributed by atoms with Crippen molar-refractivity contribution in [1.29, 1.82) is 0 Å². The summed E-state index contributed by atoms with van der Waals surface area (Å²) in [5, 5.41) is 6.57. The molecular weight excluding hydrogens is 348 g/mol. The highest BCUT2D eigenvalue weighted by Crippen LogP contribution is 2.21. The molecule has 6 nitrogen and oxygen atoms in total. The summed E-state index contributed by atoms with van der Waals surface area (Å²) in [7, 11) is -3.34. The zero-order valence-electron chi connectivity index (χ0n) is 16.0. The molecule has 0 amide bonds. The van der Waals surface area contributed by atoms with Gasteiger partial charge in [0.1, 0.15) is 0 Å². The highest BCUT2D eigenvalue weighted by Gasteiger charge is 2.26. The zero-order valence-corrected chi connectivity index (χ0v) is 16.8. The molecule has 1 heterocycles. The van der Waals surface area contributed by atoms with Crippen LogP contribution < -0.4 is 10.6 Å². The van der Waals surface area contributed by atoms with E-state index in [0.29, 0.717) is 24.5 Å². The molecule has 2 rings (SSSR count). The van der Waals surface area contributed by atoms with Gasteiger partial charge in [0.05, 0.1) is 11.4 Å². The standard InChI is InChI=1S/C19H32N4O2S/c1-3-5-6-13-21-19(20-4-2)22-16-17-9-11-18(12-10-17)26(24,25)23-14-7-8-15-23/h9-12H,3-8,13-16H2,1-2H3,(H2,20,21,22). The van der Waals surface area contributed by atoms with E-state index in [9.17, 15) is 8.42 Å². The Morgan fingerprint density at radius 2 is 1.77 bits per heavy atom. The smallest absolute Gasteiger partial charge is 0.243 e. The van der Waals surface area contributed by atoms with Crippen molar-refractivity contribution < 1.29 is 8.42 Å². The van der Waals surface area contributed by atoms with E-state index in [0.717, 1.165) is 43.9 Å². The molecule has 0 radical (unpaired) electrons. The molecule has 0 aromatic heterocycles. The molecule has 26 heavy (non-hydrogen) atoms. The number of benzene rings is 1. The highest BCUT2D eigenvalue weighted by atomic mass is 32.2. The number of hydrogen-bond acceptors (Lipinski definition) is 3. The highest BCUT2D eigenvalue weighted by molar-refractivity contribution is 7.89. The monoisotopic (exact) mass is 380 g/mol. The molecule has 2 N–H and O–H groups in total. The number of hydrogen-bond donors (Lipinski definition) is 2. The van der Waals surface area contributed by atoms with Crippen LogP contribution in [0.5, 0.6) is 0 Å². The van der Waals surface area contributed by atoms with Gasteiger partial charge in [-0.25, -0.2) is 13.4 Å². The molecule has 0 aliphatic carbocycles. The van der Waals surface area contributed by atoms with E-state index in [-0.39, 0.29) is 0 Å². The molecule has 7 heteroatoms. The van der Waals surface area contributed by atoms with Gasteiger partial charge >= 0.3 is 0 Å². The Morgan fingerprint density at radius 3 is 2.38 bits per heavy atom. The Balaban J connectivity index is 1.96. The number of unbranched alkanes of at least 4 members (excludes halogenated alkanes) is 2. The topological polar surface area (TPSA) is 73.8 Å². The van der Waals surface area contributed by atoms with Crippen molar-refractivity contribution in [1.82, 2.24) is 14.9 Å². The number of aliphatic imine (C=N–C) groups is 1. The maximum atomic E-state index is 12.5. The number of rotatable bonds is 9. The molecule has 1 fully saturated rings. The first-order valence-electron chi connectivity index (χ1n) is 9.69. The Morgan fingerprint density at radius 1 is 1.08 bits per heavy atom. The van der Waals surface area contributed by atoms with Gasteiger partial charge in [0.2, 0.25) is 10.0 Å². The molecule has 1 saturated heterocycles. The number of guanidine groups is 1. The van der Waals surface area contributed by atoms with E-state index in [4.69, 9.17) is 0 Å². The lowest BCUT2D eigenvalue weighted by molar-refractivity contribution is 0.477. The van der Waals surface area contributed by atoms with Gasteiger partial charge in [-0.1, -0.05) is 31.9 Å². The van der Waals surface area contributed by atoms with E-state index < -0.39 is 10.0 Å². The third-order valence-electron chi connectivity index (χ3n) is 4.46. The van der Waals surface area contributed by atoms with Crippen molar-refractivity contribution in [3.8, 4) is 0 Å². The van der Waals surface area contributed by atoms with Crippen molar-refractivity contribution >= 4 is 16.0 Å². The van der Waals surface area contributed by atoms with E-state index >= 15 is 0 Å². The lowest BCUT2D eigenvalue weighted by Gasteiger charge is -2.15. The molecule has 0 bridgehead atoms. The Bertz CT molecular complexity index is 665. The summed E-state index contributed by atoms with van der Waals surface area (Å²) < 4.78 is 26.7.